The molecular formula is C19H31N7O7. The van der Waals surface area contributed by atoms with Gasteiger partial charge in [0.05, 0.1) is 18.9 Å². The smallest absolute Gasteiger partial charge is 0.326 e. The van der Waals surface area contributed by atoms with Crippen LogP contribution in [0.25, 0.3) is 0 Å². The summed E-state index contributed by atoms with van der Waals surface area (Å²) in [5.74, 6) is -4.47. The number of carboxylic acids is 2. The minimum Gasteiger partial charge on any atom is -0.481 e. The van der Waals surface area contributed by atoms with E-state index < -0.39 is 54.3 Å². The molecular weight excluding hydrogens is 438 g/mol. The van der Waals surface area contributed by atoms with E-state index >= 15 is 0 Å². The van der Waals surface area contributed by atoms with Crippen molar-refractivity contribution in [3.8, 4) is 0 Å². The number of nitrogens with zero attached hydrogens (tertiary/aromatic N) is 1. The van der Waals surface area contributed by atoms with Crippen LogP contribution in [0.2, 0.25) is 0 Å². The highest BCUT2D eigenvalue weighted by atomic mass is 16.4. The molecule has 1 rings (SSSR count). The normalized spacial score (nSPS) is 13.4. The Morgan fingerprint density at radius 2 is 1.76 bits per heavy atom. The molecule has 0 aliphatic rings. The molecule has 184 valence electrons. The number of carboxylic acid groups (broad SMARTS) is 2. The first-order chi connectivity index (χ1) is 15.6. The van der Waals surface area contributed by atoms with Crippen molar-refractivity contribution >= 4 is 29.7 Å². The number of imidazole rings is 1. The predicted molar refractivity (Wildman–Crippen MR) is 115 cm³/mol. The van der Waals surface area contributed by atoms with Gasteiger partial charge < -0.3 is 42.6 Å². The Morgan fingerprint density at radius 1 is 1.03 bits per heavy atom. The fourth-order valence-electron chi connectivity index (χ4n) is 2.80. The van der Waals surface area contributed by atoms with Crippen molar-refractivity contribution in [1.29, 1.82) is 0 Å². The number of carbonyl (C=O) groups excluding carboxylic acids is 3. The van der Waals surface area contributed by atoms with Crippen LogP contribution in [0, 0.1) is 0 Å². The van der Waals surface area contributed by atoms with Crippen LogP contribution in [-0.4, -0.2) is 81.1 Å². The average Bonchev–Trinajstić information content (AvgIpc) is 3.27. The number of H-pyrrole nitrogens is 1. The Bertz CT molecular complexity index is 800. The third kappa shape index (κ3) is 11.1. The molecule has 0 aliphatic heterocycles. The molecule has 1 aromatic heterocycles. The summed E-state index contributed by atoms with van der Waals surface area (Å²) in [4.78, 5) is 65.6. The maximum atomic E-state index is 12.7. The summed E-state index contributed by atoms with van der Waals surface area (Å²) >= 11 is 0. The number of nitrogens with two attached hydrogens (primary N) is 2. The summed E-state index contributed by atoms with van der Waals surface area (Å²) in [7, 11) is 0. The zero-order chi connectivity index (χ0) is 24.8. The van der Waals surface area contributed by atoms with Gasteiger partial charge in [0.1, 0.15) is 12.1 Å². The van der Waals surface area contributed by atoms with Gasteiger partial charge in [0.2, 0.25) is 17.7 Å². The molecule has 1 aromatic rings. The molecule has 10 N–H and O–H groups in total. The van der Waals surface area contributed by atoms with E-state index in [9.17, 15) is 29.1 Å². The zero-order valence-electron chi connectivity index (χ0n) is 18.1. The quantitative estimate of drug-likeness (QED) is 0.118. The number of aromatic nitrogens is 2. The highest BCUT2D eigenvalue weighted by Crippen LogP contribution is 2.04. The summed E-state index contributed by atoms with van der Waals surface area (Å²) in [5.41, 5.74) is 11.5. The van der Waals surface area contributed by atoms with E-state index in [2.05, 4.69) is 25.9 Å². The van der Waals surface area contributed by atoms with Gasteiger partial charge >= 0.3 is 11.9 Å². The number of carbonyl (C=O) groups is 5. The SMILES string of the molecule is NCCCCC(NC(=O)C(Cc1cnc[nH]1)NC(=O)CNC(=O)C(N)CCC(=O)O)C(=O)O. The van der Waals surface area contributed by atoms with Crippen LogP contribution >= 0.6 is 0 Å². The minimum atomic E-state index is -1.21. The number of unbranched alkanes of at least 4 members (excludes halogenated alkanes) is 1. The molecule has 14 nitrogen and oxygen atoms in total. The van der Waals surface area contributed by atoms with Crippen LogP contribution in [0.15, 0.2) is 12.5 Å². The molecule has 1 heterocycles. The molecule has 0 saturated carbocycles. The van der Waals surface area contributed by atoms with Gasteiger partial charge in [-0.1, -0.05) is 0 Å². The standard InChI is InChI=1S/C19H31N7O7/c20-6-2-1-3-13(19(32)33)26-18(31)14(7-11-8-22-10-24-11)25-15(27)9-23-17(30)12(21)4-5-16(28)29/h8,10,12-14H,1-7,9,20-21H2,(H,22,24)(H,23,30)(H,25,27)(H,26,31)(H,28,29)(H,32,33). The van der Waals surface area contributed by atoms with Gasteiger partial charge in [-0.15, -0.1) is 0 Å². The van der Waals surface area contributed by atoms with Crippen LogP contribution in [-0.2, 0) is 30.4 Å². The molecule has 0 fully saturated rings. The lowest BCUT2D eigenvalue weighted by atomic mass is 10.1. The van der Waals surface area contributed by atoms with Gasteiger partial charge in [-0.3, -0.25) is 19.2 Å². The fourth-order valence-corrected chi connectivity index (χ4v) is 2.80. The molecule has 0 aliphatic carbocycles. The van der Waals surface area contributed by atoms with Crippen molar-refractivity contribution in [3.63, 3.8) is 0 Å². The highest BCUT2D eigenvalue weighted by molar-refractivity contribution is 5.92. The van der Waals surface area contributed by atoms with Crippen molar-refractivity contribution < 1.29 is 34.2 Å². The van der Waals surface area contributed by atoms with Gasteiger partial charge in [-0.25, -0.2) is 9.78 Å². The predicted octanol–water partition coefficient (Wildman–Crippen LogP) is -2.56. The van der Waals surface area contributed by atoms with E-state index in [1.54, 1.807) is 0 Å². The lowest BCUT2D eigenvalue weighted by Crippen LogP contribution is -2.54. The van der Waals surface area contributed by atoms with E-state index in [4.69, 9.17) is 16.6 Å². The van der Waals surface area contributed by atoms with Crippen LogP contribution in [0.4, 0.5) is 0 Å². The molecule has 3 atom stereocenters. The maximum absolute atomic E-state index is 12.7. The Hall–Kier alpha value is -3.52. The van der Waals surface area contributed by atoms with E-state index in [1.165, 1.54) is 12.5 Å². The third-order valence-electron chi connectivity index (χ3n) is 4.62. The summed E-state index contributed by atoms with van der Waals surface area (Å²) < 4.78 is 0. The summed E-state index contributed by atoms with van der Waals surface area (Å²) in [6, 6.07) is -3.41. The number of amides is 3. The molecule has 0 bridgehead atoms. The number of aromatic amines is 1. The molecule has 0 radical (unpaired) electrons. The Labute approximate surface area is 189 Å². The minimum absolute atomic E-state index is 0.00121. The number of aliphatic carboxylic acids is 2. The summed E-state index contributed by atoms with van der Waals surface area (Å²) in [6.45, 7) is -0.115. The molecule has 14 heteroatoms. The van der Waals surface area contributed by atoms with Gasteiger partial charge in [-0.2, -0.15) is 0 Å². The summed E-state index contributed by atoms with van der Waals surface area (Å²) in [5, 5.41) is 25.1. The van der Waals surface area contributed by atoms with E-state index in [0.717, 1.165) is 0 Å². The maximum Gasteiger partial charge on any atom is 0.326 e. The average molecular weight is 469 g/mol. The Balaban J connectivity index is 2.72. The largest absolute Gasteiger partial charge is 0.481 e. The first kappa shape index (κ1) is 27.5. The van der Waals surface area contributed by atoms with Crippen LogP contribution in [0.1, 0.15) is 37.8 Å². The van der Waals surface area contributed by atoms with Crippen LogP contribution in [0.3, 0.4) is 0 Å². The molecule has 3 unspecified atom stereocenters. The number of rotatable bonds is 16. The van der Waals surface area contributed by atoms with Crippen LogP contribution in [0.5, 0.6) is 0 Å². The fraction of sp³-hybridized carbons (Fsp3) is 0.579. The third-order valence-corrected chi connectivity index (χ3v) is 4.62. The number of hydrogen-bond acceptors (Lipinski definition) is 8. The van der Waals surface area contributed by atoms with Crippen molar-refractivity contribution in [2.24, 2.45) is 11.5 Å². The van der Waals surface area contributed by atoms with Crippen LogP contribution < -0.4 is 27.4 Å². The molecule has 33 heavy (non-hydrogen) atoms. The van der Waals surface area contributed by atoms with Crippen molar-refractivity contribution in [2.45, 2.75) is 56.7 Å². The molecule has 0 saturated heterocycles. The van der Waals surface area contributed by atoms with Gasteiger partial charge in [-0.05, 0) is 32.2 Å². The zero-order valence-corrected chi connectivity index (χ0v) is 18.1. The van der Waals surface area contributed by atoms with Crippen molar-refractivity contribution in [2.75, 3.05) is 13.1 Å². The second-order valence-corrected chi connectivity index (χ2v) is 7.34. The first-order valence-electron chi connectivity index (χ1n) is 10.4. The van der Waals surface area contributed by atoms with Gasteiger partial charge in [0.15, 0.2) is 0 Å². The second-order valence-electron chi connectivity index (χ2n) is 7.34. The Kier molecular flexibility index (Phi) is 12.1. The molecule has 0 aromatic carbocycles. The van der Waals surface area contributed by atoms with E-state index in [-0.39, 0.29) is 25.7 Å². The van der Waals surface area contributed by atoms with Crippen molar-refractivity contribution in [3.05, 3.63) is 18.2 Å². The number of hydrogen-bond donors (Lipinski definition) is 8. The van der Waals surface area contributed by atoms with E-state index in [0.29, 0.717) is 25.1 Å². The van der Waals surface area contributed by atoms with Gasteiger partial charge in [0, 0.05) is 24.7 Å². The van der Waals surface area contributed by atoms with E-state index in [1.807, 2.05) is 0 Å². The monoisotopic (exact) mass is 469 g/mol. The highest BCUT2D eigenvalue weighted by Gasteiger charge is 2.27. The first-order valence-corrected chi connectivity index (χ1v) is 10.4. The topological polar surface area (TPSA) is 243 Å². The van der Waals surface area contributed by atoms with Gasteiger partial charge in [0.25, 0.3) is 0 Å². The Morgan fingerprint density at radius 3 is 2.33 bits per heavy atom. The molecule has 0 spiro atoms. The lowest BCUT2D eigenvalue weighted by Gasteiger charge is -2.21. The number of nitrogens with one attached hydrogen (secondary N) is 4. The lowest BCUT2D eigenvalue weighted by molar-refractivity contribution is -0.142. The second kappa shape index (κ2) is 14.5. The summed E-state index contributed by atoms with van der Waals surface area (Å²) in [6.07, 6.45) is 3.70. The van der Waals surface area contributed by atoms with Crippen molar-refractivity contribution in [1.82, 2.24) is 25.9 Å². The molecule has 3 amide bonds.